The Morgan fingerprint density at radius 1 is 1.41 bits per heavy atom. The minimum absolute atomic E-state index is 0.0240. The van der Waals surface area contributed by atoms with E-state index in [1.54, 1.807) is 0 Å². The van der Waals surface area contributed by atoms with Crippen molar-refractivity contribution >= 4 is 17.0 Å². The number of aryl methyl sites for hydroxylation is 1. The summed E-state index contributed by atoms with van der Waals surface area (Å²) in [6.45, 7) is 1.96. The zero-order valence-electron chi connectivity index (χ0n) is 9.35. The summed E-state index contributed by atoms with van der Waals surface area (Å²) in [6.07, 6.45) is -0.135. The Morgan fingerprint density at radius 2 is 2.18 bits per heavy atom. The van der Waals surface area contributed by atoms with Gasteiger partial charge in [0.2, 0.25) is 0 Å². The van der Waals surface area contributed by atoms with E-state index in [1.165, 1.54) is 11.3 Å². The number of benzene rings is 1. The van der Waals surface area contributed by atoms with Crippen LogP contribution < -0.4 is 5.73 Å². The standard InChI is InChI=1S/C12H12FN3S/c1-6-2-3-7(4-10(6)14)11-15-16-12(17-11)8-5-9(8)13/h2-4,8-9H,5,14H2,1H3/t8-,9-/m0/s1. The number of hydrogen-bond acceptors (Lipinski definition) is 4. The van der Waals surface area contributed by atoms with Crippen molar-refractivity contribution in [3.05, 3.63) is 28.8 Å². The minimum atomic E-state index is -0.723. The van der Waals surface area contributed by atoms with Gasteiger partial charge in [-0.2, -0.15) is 0 Å². The molecule has 0 spiro atoms. The zero-order chi connectivity index (χ0) is 12.0. The molecule has 0 aliphatic heterocycles. The van der Waals surface area contributed by atoms with E-state index in [9.17, 15) is 4.39 Å². The average Bonchev–Trinajstić information content (AvgIpc) is 2.86. The van der Waals surface area contributed by atoms with E-state index in [0.29, 0.717) is 6.42 Å². The summed E-state index contributed by atoms with van der Waals surface area (Å²) in [7, 11) is 0. The Labute approximate surface area is 102 Å². The lowest BCUT2D eigenvalue weighted by atomic mass is 10.1. The summed E-state index contributed by atoms with van der Waals surface area (Å²) in [6, 6.07) is 5.82. The van der Waals surface area contributed by atoms with Crippen molar-refractivity contribution in [3.8, 4) is 10.6 Å². The molecule has 3 rings (SSSR count). The highest BCUT2D eigenvalue weighted by atomic mass is 32.1. The molecule has 1 aromatic carbocycles. The summed E-state index contributed by atoms with van der Waals surface area (Å²) in [5, 5.41) is 9.75. The van der Waals surface area contributed by atoms with E-state index in [2.05, 4.69) is 10.2 Å². The number of nitrogen functional groups attached to an aromatic ring is 1. The van der Waals surface area contributed by atoms with Gasteiger partial charge in [-0.15, -0.1) is 10.2 Å². The molecule has 1 heterocycles. The third kappa shape index (κ3) is 1.91. The molecule has 1 aliphatic carbocycles. The van der Waals surface area contributed by atoms with Crippen molar-refractivity contribution in [1.82, 2.24) is 10.2 Å². The van der Waals surface area contributed by atoms with Crippen molar-refractivity contribution < 1.29 is 4.39 Å². The average molecular weight is 249 g/mol. The monoisotopic (exact) mass is 249 g/mol. The van der Waals surface area contributed by atoms with Gasteiger partial charge in [0.1, 0.15) is 16.2 Å². The second-order valence-corrected chi connectivity index (χ2v) is 5.38. The molecule has 1 aromatic heterocycles. The predicted molar refractivity (Wildman–Crippen MR) is 66.7 cm³/mol. The molecule has 0 saturated heterocycles. The highest BCUT2D eigenvalue weighted by Gasteiger charge is 2.41. The molecule has 0 unspecified atom stereocenters. The smallest absolute Gasteiger partial charge is 0.147 e. The van der Waals surface area contributed by atoms with Gasteiger partial charge in [0.05, 0.1) is 0 Å². The molecule has 2 atom stereocenters. The van der Waals surface area contributed by atoms with Crippen LogP contribution in [-0.4, -0.2) is 16.4 Å². The Bertz CT molecular complexity index is 567. The van der Waals surface area contributed by atoms with E-state index in [4.69, 9.17) is 5.73 Å². The van der Waals surface area contributed by atoms with Gasteiger partial charge in [-0.1, -0.05) is 23.5 Å². The molecule has 3 nitrogen and oxygen atoms in total. The van der Waals surface area contributed by atoms with Crippen LogP contribution in [0, 0.1) is 6.92 Å². The molecule has 0 amide bonds. The van der Waals surface area contributed by atoms with Gasteiger partial charge in [0.15, 0.2) is 0 Å². The number of hydrogen-bond donors (Lipinski definition) is 1. The fourth-order valence-electron chi connectivity index (χ4n) is 1.69. The van der Waals surface area contributed by atoms with Gasteiger partial charge in [-0.05, 0) is 25.0 Å². The minimum Gasteiger partial charge on any atom is -0.398 e. The van der Waals surface area contributed by atoms with Crippen LogP contribution in [0.5, 0.6) is 0 Å². The summed E-state index contributed by atoms with van der Waals surface area (Å²) >= 11 is 1.46. The number of aromatic nitrogens is 2. The Hall–Kier alpha value is -1.49. The van der Waals surface area contributed by atoms with Crippen LogP contribution in [0.15, 0.2) is 18.2 Å². The molecule has 0 radical (unpaired) electrons. The van der Waals surface area contributed by atoms with E-state index in [-0.39, 0.29) is 5.92 Å². The van der Waals surface area contributed by atoms with Gasteiger partial charge < -0.3 is 5.73 Å². The summed E-state index contributed by atoms with van der Waals surface area (Å²) in [5.74, 6) is -0.0240. The molecule has 2 N–H and O–H groups in total. The molecular weight excluding hydrogens is 237 g/mol. The Morgan fingerprint density at radius 3 is 2.82 bits per heavy atom. The first-order valence-corrected chi connectivity index (χ1v) is 6.31. The SMILES string of the molecule is Cc1ccc(-c2nnc([C@H]3C[C@@H]3F)s2)cc1N. The van der Waals surface area contributed by atoms with Crippen LogP contribution in [-0.2, 0) is 0 Å². The van der Waals surface area contributed by atoms with Crippen LogP contribution in [0.4, 0.5) is 10.1 Å². The summed E-state index contributed by atoms with van der Waals surface area (Å²) in [5.41, 5.74) is 8.60. The fraction of sp³-hybridized carbons (Fsp3) is 0.333. The molecule has 5 heteroatoms. The first-order valence-electron chi connectivity index (χ1n) is 5.49. The quantitative estimate of drug-likeness (QED) is 0.832. The van der Waals surface area contributed by atoms with Crippen molar-refractivity contribution in [2.24, 2.45) is 0 Å². The largest absolute Gasteiger partial charge is 0.398 e. The number of nitrogens with two attached hydrogens (primary N) is 1. The molecule has 17 heavy (non-hydrogen) atoms. The van der Waals surface area contributed by atoms with Crippen molar-refractivity contribution in [2.45, 2.75) is 25.4 Å². The van der Waals surface area contributed by atoms with E-state index >= 15 is 0 Å². The van der Waals surface area contributed by atoms with Crippen molar-refractivity contribution in [1.29, 1.82) is 0 Å². The van der Waals surface area contributed by atoms with Crippen LogP contribution in [0.2, 0.25) is 0 Å². The van der Waals surface area contributed by atoms with Gasteiger partial charge >= 0.3 is 0 Å². The third-order valence-corrected chi connectivity index (χ3v) is 4.10. The lowest BCUT2D eigenvalue weighted by Gasteiger charge is -2.01. The molecule has 1 saturated carbocycles. The van der Waals surface area contributed by atoms with E-state index < -0.39 is 6.17 Å². The van der Waals surface area contributed by atoms with E-state index in [1.807, 2.05) is 25.1 Å². The lowest BCUT2D eigenvalue weighted by Crippen LogP contribution is -1.89. The number of alkyl halides is 1. The lowest BCUT2D eigenvalue weighted by molar-refractivity contribution is 0.467. The topological polar surface area (TPSA) is 51.8 Å². The summed E-state index contributed by atoms with van der Waals surface area (Å²) in [4.78, 5) is 0. The first-order chi connectivity index (χ1) is 8.15. The first kappa shape index (κ1) is 10.7. The maximum absolute atomic E-state index is 12.9. The highest BCUT2D eigenvalue weighted by Crippen LogP contribution is 2.45. The molecule has 2 aromatic rings. The number of anilines is 1. The normalized spacial score (nSPS) is 22.7. The number of nitrogens with zero attached hydrogens (tertiary/aromatic N) is 2. The second-order valence-electron chi connectivity index (χ2n) is 4.38. The molecule has 1 fully saturated rings. The number of rotatable bonds is 2. The Kier molecular flexibility index (Phi) is 2.36. The van der Waals surface area contributed by atoms with E-state index in [0.717, 1.165) is 26.8 Å². The molecule has 1 aliphatic rings. The van der Waals surface area contributed by atoms with Crippen LogP contribution in [0.1, 0.15) is 22.9 Å². The molecular formula is C12H12FN3S. The predicted octanol–water partition coefficient (Wildman–Crippen LogP) is 2.92. The number of halogens is 1. The maximum Gasteiger partial charge on any atom is 0.147 e. The van der Waals surface area contributed by atoms with Crippen molar-refractivity contribution in [3.63, 3.8) is 0 Å². The molecule has 0 bridgehead atoms. The summed E-state index contributed by atoms with van der Waals surface area (Å²) < 4.78 is 12.9. The zero-order valence-corrected chi connectivity index (χ0v) is 10.2. The Balaban J connectivity index is 1.92. The van der Waals surface area contributed by atoms with Gasteiger partial charge in [0, 0.05) is 17.2 Å². The van der Waals surface area contributed by atoms with Crippen LogP contribution in [0.25, 0.3) is 10.6 Å². The van der Waals surface area contributed by atoms with Gasteiger partial charge in [-0.3, -0.25) is 0 Å². The van der Waals surface area contributed by atoms with Gasteiger partial charge in [-0.25, -0.2) is 4.39 Å². The maximum atomic E-state index is 12.9. The third-order valence-electron chi connectivity index (χ3n) is 3.00. The van der Waals surface area contributed by atoms with Gasteiger partial charge in [0.25, 0.3) is 0 Å². The highest BCUT2D eigenvalue weighted by molar-refractivity contribution is 7.14. The van der Waals surface area contributed by atoms with Crippen molar-refractivity contribution in [2.75, 3.05) is 5.73 Å². The molecule has 88 valence electrons. The van der Waals surface area contributed by atoms with Crippen LogP contribution >= 0.6 is 11.3 Å². The second kappa shape index (κ2) is 3.77. The fourth-order valence-corrected chi connectivity index (χ4v) is 2.70. The van der Waals surface area contributed by atoms with Crippen LogP contribution in [0.3, 0.4) is 0 Å².